The molecule has 0 radical (unpaired) electrons. The van der Waals surface area contributed by atoms with Crippen molar-refractivity contribution in [2.24, 2.45) is 0 Å². The Morgan fingerprint density at radius 2 is 1.74 bits per heavy atom. The molecule has 180 valence electrons. The lowest BCUT2D eigenvalue weighted by Gasteiger charge is -2.30. The number of carbonyl (C=O) groups is 3. The van der Waals surface area contributed by atoms with Crippen LogP contribution >= 0.6 is 0 Å². The number of nitrogens with zero attached hydrogens (tertiary/aromatic N) is 2. The summed E-state index contributed by atoms with van der Waals surface area (Å²) in [6, 6.07) is 17.4. The quantitative estimate of drug-likeness (QED) is 0.579. The summed E-state index contributed by atoms with van der Waals surface area (Å²) in [5, 5.41) is 2.86. The highest BCUT2D eigenvalue weighted by Gasteiger charge is 2.53. The van der Waals surface area contributed by atoms with Crippen molar-refractivity contribution in [2.45, 2.75) is 37.8 Å². The summed E-state index contributed by atoms with van der Waals surface area (Å²) in [6.45, 7) is 1.85. The number of sulfone groups is 1. The summed E-state index contributed by atoms with van der Waals surface area (Å²) in [6.07, 6.45) is 1.26. The normalized spacial score (nSPS) is 23.7. The predicted molar refractivity (Wildman–Crippen MR) is 128 cm³/mol. The molecule has 0 bridgehead atoms. The fourth-order valence-electron chi connectivity index (χ4n) is 4.81. The van der Waals surface area contributed by atoms with Crippen LogP contribution in [0.25, 0.3) is 0 Å². The lowest BCUT2D eigenvalue weighted by Crippen LogP contribution is -2.49. The highest BCUT2D eigenvalue weighted by molar-refractivity contribution is 7.91. The molecule has 0 aromatic heterocycles. The van der Waals surface area contributed by atoms with E-state index in [0.717, 1.165) is 10.5 Å². The molecule has 0 aliphatic carbocycles. The third-order valence-corrected chi connectivity index (χ3v) is 8.23. The molecule has 34 heavy (non-hydrogen) atoms. The van der Waals surface area contributed by atoms with Crippen LogP contribution in [0, 0.1) is 0 Å². The molecule has 2 aromatic rings. The fourth-order valence-corrected chi connectivity index (χ4v) is 6.54. The van der Waals surface area contributed by atoms with Crippen LogP contribution in [0.15, 0.2) is 60.7 Å². The van der Waals surface area contributed by atoms with Gasteiger partial charge < -0.3 is 10.2 Å². The van der Waals surface area contributed by atoms with Crippen molar-refractivity contribution in [1.29, 1.82) is 0 Å². The summed E-state index contributed by atoms with van der Waals surface area (Å²) in [5.74, 6) is -0.948. The highest BCUT2D eigenvalue weighted by Crippen LogP contribution is 2.33. The maximum atomic E-state index is 13.8. The van der Waals surface area contributed by atoms with E-state index in [-0.39, 0.29) is 17.9 Å². The number of amides is 4. The number of imide groups is 1. The Bertz CT molecular complexity index is 1170. The van der Waals surface area contributed by atoms with E-state index in [9.17, 15) is 22.8 Å². The minimum absolute atomic E-state index is 0.0441. The van der Waals surface area contributed by atoms with Gasteiger partial charge >= 0.3 is 6.03 Å². The first-order valence-electron chi connectivity index (χ1n) is 11.5. The zero-order valence-electron chi connectivity index (χ0n) is 19.1. The van der Waals surface area contributed by atoms with E-state index in [2.05, 4.69) is 5.32 Å². The second-order valence-corrected chi connectivity index (χ2v) is 11.1. The molecule has 0 spiro atoms. The van der Waals surface area contributed by atoms with Gasteiger partial charge in [0.25, 0.3) is 5.91 Å². The van der Waals surface area contributed by atoms with Crippen LogP contribution in [0.4, 0.5) is 4.79 Å². The van der Waals surface area contributed by atoms with Gasteiger partial charge in [0.15, 0.2) is 15.4 Å². The zero-order chi connectivity index (χ0) is 24.3. The van der Waals surface area contributed by atoms with E-state index in [0.29, 0.717) is 24.9 Å². The maximum absolute atomic E-state index is 13.8. The minimum atomic E-state index is -3.18. The van der Waals surface area contributed by atoms with Gasteiger partial charge in [0.1, 0.15) is 6.54 Å². The SMILES string of the molecule is CCCN(C(=O)CN1C(=O)N[C@@](Cc2ccccc2)(c2ccccc2)C1=O)[C@H]1CCS(=O)(=O)C1. The van der Waals surface area contributed by atoms with Gasteiger partial charge in [-0.1, -0.05) is 67.6 Å². The number of carbonyl (C=O) groups excluding carboxylic acids is 3. The summed E-state index contributed by atoms with van der Waals surface area (Å²) in [7, 11) is -3.18. The summed E-state index contributed by atoms with van der Waals surface area (Å²) < 4.78 is 23.9. The van der Waals surface area contributed by atoms with E-state index in [1.165, 1.54) is 4.90 Å². The van der Waals surface area contributed by atoms with Crippen molar-refractivity contribution < 1.29 is 22.8 Å². The topological polar surface area (TPSA) is 104 Å². The number of hydrogen-bond donors (Lipinski definition) is 1. The van der Waals surface area contributed by atoms with Crippen LogP contribution in [-0.2, 0) is 31.4 Å². The van der Waals surface area contributed by atoms with Gasteiger partial charge in [-0.3, -0.25) is 14.5 Å². The van der Waals surface area contributed by atoms with E-state index in [1.807, 2.05) is 43.3 Å². The van der Waals surface area contributed by atoms with Crippen LogP contribution in [0.1, 0.15) is 30.9 Å². The molecule has 2 aliphatic rings. The lowest BCUT2D eigenvalue weighted by atomic mass is 9.83. The Morgan fingerprint density at radius 3 is 2.32 bits per heavy atom. The molecule has 2 saturated heterocycles. The van der Waals surface area contributed by atoms with Gasteiger partial charge in [-0.05, 0) is 24.0 Å². The second kappa shape index (κ2) is 9.58. The molecule has 2 atom stereocenters. The van der Waals surface area contributed by atoms with Crippen molar-refractivity contribution >= 4 is 27.7 Å². The third-order valence-electron chi connectivity index (χ3n) is 6.48. The van der Waals surface area contributed by atoms with Crippen molar-refractivity contribution in [3.63, 3.8) is 0 Å². The summed E-state index contributed by atoms with van der Waals surface area (Å²) >= 11 is 0. The largest absolute Gasteiger partial charge is 0.337 e. The van der Waals surface area contributed by atoms with Gasteiger partial charge in [-0.15, -0.1) is 0 Å². The number of urea groups is 1. The van der Waals surface area contributed by atoms with Gasteiger partial charge in [0.05, 0.1) is 11.5 Å². The highest BCUT2D eigenvalue weighted by atomic mass is 32.2. The zero-order valence-corrected chi connectivity index (χ0v) is 20.0. The molecule has 1 N–H and O–H groups in total. The number of rotatable bonds is 8. The number of nitrogens with one attached hydrogen (secondary N) is 1. The Balaban J connectivity index is 1.61. The van der Waals surface area contributed by atoms with Crippen LogP contribution in [0.3, 0.4) is 0 Å². The maximum Gasteiger partial charge on any atom is 0.325 e. The Hall–Kier alpha value is -3.20. The summed E-state index contributed by atoms with van der Waals surface area (Å²) in [4.78, 5) is 42.5. The molecule has 2 aliphatic heterocycles. The molecule has 9 heteroatoms. The average molecular weight is 484 g/mol. The average Bonchev–Trinajstić information content (AvgIpc) is 3.30. The molecule has 8 nitrogen and oxygen atoms in total. The smallest absolute Gasteiger partial charge is 0.325 e. The Morgan fingerprint density at radius 1 is 1.09 bits per heavy atom. The summed E-state index contributed by atoms with van der Waals surface area (Å²) in [5.41, 5.74) is 0.183. The van der Waals surface area contributed by atoms with Crippen LogP contribution in [-0.4, -0.2) is 66.7 Å². The predicted octanol–water partition coefficient (Wildman–Crippen LogP) is 2.10. The molecule has 2 fully saturated rings. The molecule has 4 amide bonds. The van der Waals surface area contributed by atoms with Crippen LogP contribution in [0.2, 0.25) is 0 Å². The molecular formula is C25H29N3O5S. The van der Waals surface area contributed by atoms with Crippen molar-refractivity contribution in [2.75, 3.05) is 24.6 Å². The molecule has 4 rings (SSSR count). The number of hydrogen-bond acceptors (Lipinski definition) is 5. The van der Waals surface area contributed by atoms with Gasteiger partial charge in [-0.2, -0.15) is 0 Å². The molecule has 2 aromatic carbocycles. The molecule has 0 unspecified atom stereocenters. The van der Waals surface area contributed by atoms with Crippen molar-refractivity contribution in [3.05, 3.63) is 71.8 Å². The van der Waals surface area contributed by atoms with E-state index < -0.39 is 45.8 Å². The molecule has 2 heterocycles. The van der Waals surface area contributed by atoms with Crippen LogP contribution < -0.4 is 5.32 Å². The molecule has 0 saturated carbocycles. The first-order chi connectivity index (χ1) is 16.3. The van der Waals surface area contributed by atoms with Crippen LogP contribution in [0.5, 0.6) is 0 Å². The number of benzene rings is 2. The Kier molecular flexibility index (Phi) is 6.74. The van der Waals surface area contributed by atoms with Crippen molar-refractivity contribution in [1.82, 2.24) is 15.1 Å². The second-order valence-electron chi connectivity index (χ2n) is 8.90. The molecular weight excluding hydrogens is 454 g/mol. The van der Waals surface area contributed by atoms with Gasteiger partial charge in [0.2, 0.25) is 5.91 Å². The van der Waals surface area contributed by atoms with E-state index in [1.54, 1.807) is 24.3 Å². The fraction of sp³-hybridized carbons (Fsp3) is 0.400. The van der Waals surface area contributed by atoms with E-state index in [4.69, 9.17) is 0 Å². The minimum Gasteiger partial charge on any atom is -0.337 e. The van der Waals surface area contributed by atoms with Crippen molar-refractivity contribution in [3.8, 4) is 0 Å². The first kappa shape index (κ1) is 23.9. The third kappa shape index (κ3) is 4.70. The first-order valence-corrected chi connectivity index (χ1v) is 13.3. The van der Waals surface area contributed by atoms with Gasteiger partial charge in [0, 0.05) is 19.0 Å². The lowest BCUT2D eigenvalue weighted by molar-refractivity contribution is -0.140. The van der Waals surface area contributed by atoms with Gasteiger partial charge in [-0.25, -0.2) is 13.2 Å². The van der Waals surface area contributed by atoms with E-state index >= 15 is 0 Å². The standard InChI is InChI=1S/C25H29N3O5S/c1-2-14-27(21-13-15-34(32,33)18-21)22(29)17-28-23(30)25(26-24(28)31,20-11-7-4-8-12-20)16-19-9-5-3-6-10-19/h3-12,21H,2,13-18H2,1H3,(H,26,31)/t21-,25-/m0/s1. The monoisotopic (exact) mass is 483 g/mol. The Labute approximate surface area is 199 Å².